The van der Waals surface area contributed by atoms with E-state index >= 15 is 0 Å². The third-order valence-corrected chi connectivity index (χ3v) is 11.7. The molecule has 0 radical (unpaired) electrons. The van der Waals surface area contributed by atoms with E-state index in [0.717, 1.165) is 31.4 Å². The molecule has 0 spiro atoms. The van der Waals surface area contributed by atoms with E-state index in [0.29, 0.717) is 42.8 Å². The lowest BCUT2D eigenvalue weighted by atomic mass is 9.44. The van der Waals surface area contributed by atoms with Crippen molar-refractivity contribution in [1.29, 1.82) is 0 Å². The lowest BCUT2D eigenvalue weighted by molar-refractivity contribution is -0.207. The minimum absolute atomic E-state index is 0.0714. The zero-order valence-electron chi connectivity index (χ0n) is 26.1. The molecule has 0 aromatic carbocycles. The van der Waals surface area contributed by atoms with E-state index < -0.39 is 29.0 Å². The Morgan fingerprint density at radius 3 is 2.82 bits per heavy atom. The minimum Gasteiger partial charge on any atom is -0.460 e. The molecule has 3 fully saturated rings. The Labute approximate surface area is 257 Å². The van der Waals surface area contributed by atoms with Gasteiger partial charge < -0.3 is 20.1 Å². The number of hydrogen-bond donors (Lipinski definition) is 2. The number of fused-ring (bicyclic) bond motifs is 1. The van der Waals surface area contributed by atoms with Gasteiger partial charge in [0, 0.05) is 35.9 Å². The van der Waals surface area contributed by atoms with Crippen LogP contribution in [0.4, 0.5) is 5.82 Å². The molecule has 0 amide bonds. The van der Waals surface area contributed by atoms with Gasteiger partial charge in [-0.1, -0.05) is 39.0 Å². The van der Waals surface area contributed by atoms with E-state index in [2.05, 4.69) is 52.6 Å². The molecule has 3 saturated carbocycles. The van der Waals surface area contributed by atoms with Gasteiger partial charge in [-0.15, -0.1) is 11.7 Å². The molecule has 12 nitrogen and oxygen atoms in total. The molecule has 12 heteroatoms. The topological polar surface area (TPSA) is 164 Å². The summed E-state index contributed by atoms with van der Waals surface area (Å²) in [6, 6.07) is 0. The fraction of sp³-hybridized carbons (Fsp3) is 0.656. The summed E-state index contributed by atoms with van der Waals surface area (Å²) in [7, 11) is 0. The molecule has 3 aromatic rings. The van der Waals surface area contributed by atoms with Crippen molar-refractivity contribution in [3.63, 3.8) is 0 Å². The number of carbonyl (C=O) groups excluding carboxylic acids is 2. The lowest BCUT2D eigenvalue weighted by Crippen LogP contribution is -2.63. The number of ketones is 1. The van der Waals surface area contributed by atoms with Crippen LogP contribution in [0.5, 0.6) is 0 Å². The summed E-state index contributed by atoms with van der Waals surface area (Å²) < 4.78 is 9.77. The van der Waals surface area contributed by atoms with Gasteiger partial charge in [0.1, 0.15) is 30.3 Å². The summed E-state index contributed by atoms with van der Waals surface area (Å²) in [5, 5.41) is 20.2. The van der Waals surface area contributed by atoms with Crippen LogP contribution in [-0.2, 0) is 33.8 Å². The Morgan fingerprint density at radius 2 is 2.05 bits per heavy atom. The first-order valence-electron chi connectivity index (χ1n) is 15.8. The predicted octanol–water partition coefficient (Wildman–Crippen LogP) is 3.54. The molecule has 3 aliphatic carbocycles. The second-order valence-corrected chi connectivity index (χ2v) is 13.9. The van der Waals surface area contributed by atoms with Gasteiger partial charge in [-0.2, -0.15) is 0 Å². The van der Waals surface area contributed by atoms with Crippen LogP contribution >= 0.6 is 0 Å². The number of aliphatic hydroxyl groups is 1. The lowest BCUT2D eigenvalue weighted by Gasteiger charge is -2.61. The van der Waals surface area contributed by atoms with E-state index in [9.17, 15) is 14.7 Å². The zero-order valence-corrected chi connectivity index (χ0v) is 26.1. The Kier molecular flexibility index (Phi) is 7.62. The summed E-state index contributed by atoms with van der Waals surface area (Å²) in [6.07, 6.45) is 10.3. The molecule has 3 N–H and O–H groups in total. The van der Waals surface area contributed by atoms with E-state index in [1.54, 1.807) is 12.5 Å². The highest BCUT2D eigenvalue weighted by molar-refractivity contribution is 5.86. The number of anilines is 1. The number of rotatable bonds is 8. The first kappa shape index (κ1) is 30.4. The molecule has 8 atom stereocenters. The van der Waals surface area contributed by atoms with Crippen molar-refractivity contribution < 1.29 is 19.4 Å². The molecule has 2 bridgehead atoms. The number of hydrogen-bond acceptors (Lipinski definition) is 10. The molecule has 3 aromatic heterocycles. The Bertz CT molecular complexity index is 1580. The van der Waals surface area contributed by atoms with Crippen molar-refractivity contribution in [2.75, 3.05) is 5.73 Å². The van der Waals surface area contributed by atoms with E-state index in [-0.39, 0.29) is 35.5 Å². The quantitative estimate of drug-likeness (QED) is 0.287. The highest BCUT2D eigenvalue weighted by Gasteiger charge is 2.68. The van der Waals surface area contributed by atoms with E-state index in [1.165, 1.54) is 11.0 Å². The summed E-state index contributed by atoms with van der Waals surface area (Å²) in [6.45, 7) is 13.1. The number of Topliss-reactive ketones (excluding diaryl/α,β-unsaturated/α-hetero) is 1. The van der Waals surface area contributed by atoms with Crippen molar-refractivity contribution in [1.82, 2.24) is 34.5 Å². The number of carbonyl (C=O) groups is 2. The standard InChI is InChI=1S/C32H44N8O4/c1-6-30(4)14-23(31(5)19(2)9-11-32(20(3)27(30)43)12-10-22(41)26(31)32)44-24(42)16-40-15-21(37-38-40)8-7-13-39-18-36-25-28(33)34-17-35-29(25)39/h6,15,17-20,23,26-27,43H,1,7-14,16H2,2-5H3,(H2,33,34,35)/t19-,20+,23-,26+,27+,30-,31+,32+/m1/s1. The fourth-order valence-electron chi connectivity index (χ4n) is 8.85. The number of nitrogens with two attached hydrogens (primary N) is 1. The number of aliphatic hydroxyl groups excluding tert-OH is 1. The molecular weight excluding hydrogens is 560 g/mol. The number of nitrogens with zero attached hydrogens (tertiary/aromatic N) is 7. The van der Waals surface area contributed by atoms with Crippen molar-refractivity contribution >= 4 is 28.7 Å². The van der Waals surface area contributed by atoms with Crippen molar-refractivity contribution in [2.24, 2.45) is 34.0 Å². The average molecular weight is 605 g/mol. The molecule has 3 heterocycles. The molecule has 3 aliphatic rings. The van der Waals surface area contributed by atoms with Gasteiger partial charge in [0.05, 0.1) is 18.1 Å². The predicted molar refractivity (Wildman–Crippen MR) is 163 cm³/mol. The van der Waals surface area contributed by atoms with Gasteiger partial charge in [0.25, 0.3) is 0 Å². The number of ether oxygens (including phenoxy) is 1. The van der Waals surface area contributed by atoms with Gasteiger partial charge in [0.2, 0.25) is 0 Å². The maximum atomic E-state index is 13.6. The zero-order chi connectivity index (χ0) is 31.4. The Hall–Kier alpha value is -3.67. The highest BCUT2D eigenvalue weighted by atomic mass is 16.5. The maximum Gasteiger partial charge on any atom is 0.328 e. The first-order valence-corrected chi connectivity index (χ1v) is 15.8. The molecule has 44 heavy (non-hydrogen) atoms. The van der Waals surface area contributed by atoms with Crippen LogP contribution in [0.1, 0.15) is 71.9 Å². The SMILES string of the molecule is C=C[C@]1(C)C[C@@H](OC(=O)Cn2cc(CCCn3cnc4c(N)ncnc43)nn2)[C@]2(C)[C@H](C)CC[C@]3(CCC(=O)[C@H]32)[C@@H](C)[C@@H]1O. The third-order valence-electron chi connectivity index (χ3n) is 11.7. The highest BCUT2D eigenvalue weighted by Crippen LogP contribution is 2.68. The van der Waals surface area contributed by atoms with Crippen LogP contribution in [0.15, 0.2) is 31.5 Å². The van der Waals surface area contributed by atoms with Crippen LogP contribution in [0.3, 0.4) is 0 Å². The molecule has 6 rings (SSSR count). The minimum atomic E-state index is -0.699. The number of nitrogen functional groups attached to an aromatic ring is 1. The van der Waals surface area contributed by atoms with Gasteiger partial charge >= 0.3 is 5.97 Å². The molecule has 0 saturated heterocycles. The Balaban J connectivity index is 1.17. The van der Waals surface area contributed by atoms with Gasteiger partial charge in [-0.25, -0.2) is 19.6 Å². The number of aryl methyl sites for hydroxylation is 2. The van der Waals surface area contributed by atoms with E-state index in [4.69, 9.17) is 10.5 Å². The smallest absolute Gasteiger partial charge is 0.328 e. The van der Waals surface area contributed by atoms with Gasteiger partial charge in [-0.05, 0) is 55.8 Å². The third kappa shape index (κ3) is 4.72. The van der Waals surface area contributed by atoms with Crippen molar-refractivity contribution in [3.05, 3.63) is 37.2 Å². The number of imidazole rings is 1. The van der Waals surface area contributed by atoms with Gasteiger partial charge in [0.15, 0.2) is 11.5 Å². The van der Waals surface area contributed by atoms with Crippen molar-refractivity contribution in [3.8, 4) is 0 Å². The van der Waals surface area contributed by atoms with E-state index in [1.807, 2.05) is 17.6 Å². The molecule has 0 aliphatic heterocycles. The van der Waals surface area contributed by atoms with Crippen LogP contribution in [0, 0.1) is 34.0 Å². The van der Waals surface area contributed by atoms with Crippen LogP contribution < -0.4 is 5.73 Å². The average Bonchev–Trinajstić information content (AvgIpc) is 3.72. The fourth-order valence-corrected chi connectivity index (χ4v) is 8.85. The number of esters is 1. The van der Waals surface area contributed by atoms with Crippen LogP contribution in [0.25, 0.3) is 11.2 Å². The normalized spacial score (nSPS) is 35.2. The van der Waals surface area contributed by atoms with Crippen LogP contribution in [-0.4, -0.2) is 63.6 Å². The summed E-state index contributed by atoms with van der Waals surface area (Å²) in [4.78, 5) is 39.7. The summed E-state index contributed by atoms with van der Waals surface area (Å²) >= 11 is 0. The second kappa shape index (κ2) is 11.0. The number of aromatic nitrogens is 7. The molecular formula is C32H44N8O4. The summed E-state index contributed by atoms with van der Waals surface area (Å²) in [5.74, 6) is -0.00330. The first-order chi connectivity index (χ1) is 20.9. The molecule has 0 unspecified atom stereocenters. The maximum absolute atomic E-state index is 13.6. The molecule has 236 valence electrons. The summed E-state index contributed by atoms with van der Waals surface area (Å²) in [5.41, 5.74) is 6.37. The van der Waals surface area contributed by atoms with Crippen molar-refractivity contribution in [2.45, 2.75) is 97.9 Å². The van der Waals surface area contributed by atoms with Gasteiger partial charge in [-0.3, -0.25) is 9.59 Å². The monoisotopic (exact) mass is 604 g/mol. The second-order valence-electron chi connectivity index (χ2n) is 13.9. The largest absolute Gasteiger partial charge is 0.460 e. The Morgan fingerprint density at radius 1 is 1.25 bits per heavy atom. The van der Waals surface area contributed by atoms with Crippen LogP contribution in [0.2, 0.25) is 0 Å².